The van der Waals surface area contributed by atoms with E-state index in [2.05, 4.69) is 24.1 Å². The molecule has 0 bridgehead atoms. The highest BCUT2D eigenvalue weighted by Crippen LogP contribution is 2.15. The van der Waals surface area contributed by atoms with E-state index in [1.165, 1.54) is 50.5 Å². The van der Waals surface area contributed by atoms with E-state index in [0.717, 1.165) is 6.04 Å². The molecule has 3 heteroatoms. The third kappa shape index (κ3) is 4.20. The van der Waals surface area contributed by atoms with Crippen molar-refractivity contribution in [3.63, 3.8) is 0 Å². The molecule has 0 aromatic heterocycles. The van der Waals surface area contributed by atoms with Crippen LogP contribution in [-0.4, -0.2) is 48.6 Å². The number of rotatable bonds is 7. The van der Waals surface area contributed by atoms with Crippen molar-refractivity contribution in [2.24, 2.45) is 0 Å². The number of nitrogens with zero attached hydrogens (tertiary/aromatic N) is 1. The van der Waals surface area contributed by atoms with E-state index in [9.17, 15) is 0 Å². The molecule has 1 N–H and O–H groups in total. The lowest BCUT2D eigenvalue weighted by Crippen LogP contribution is -2.38. The number of likely N-dealkylation sites (tertiary alicyclic amines) is 1. The van der Waals surface area contributed by atoms with Crippen LogP contribution in [0.2, 0.25) is 0 Å². The van der Waals surface area contributed by atoms with Crippen LogP contribution in [0.15, 0.2) is 0 Å². The zero-order chi connectivity index (χ0) is 10.2. The van der Waals surface area contributed by atoms with Crippen molar-refractivity contribution in [2.75, 3.05) is 37.7 Å². The van der Waals surface area contributed by atoms with Crippen LogP contribution in [0.5, 0.6) is 0 Å². The fourth-order valence-electron chi connectivity index (χ4n) is 2.10. The van der Waals surface area contributed by atoms with Crippen molar-refractivity contribution in [1.29, 1.82) is 0 Å². The Balaban J connectivity index is 2.00. The third-order valence-electron chi connectivity index (χ3n) is 2.91. The predicted molar refractivity (Wildman–Crippen MR) is 66.1 cm³/mol. The van der Waals surface area contributed by atoms with E-state index in [-0.39, 0.29) is 0 Å². The van der Waals surface area contributed by atoms with Gasteiger partial charge in [0.15, 0.2) is 0 Å². The van der Waals surface area contributed by atoms with E-state index in [0.29, 0.717) is 0 Å². The summed E-state index contributed by atoms with van der Waals surface area (Å²) in [5.41, 5.74) is 0. The molecular weight excluding hydrogens is 192 g/mol. The first kappa shape index (κ1) is 12.3. The molecule has 1 heterocycles. The molecule has 0 spiro atoms. The summed E-state index contributed by atoms with van der Waals surface area (Å²) < 4.78 is 0. The lowest BCUT2D eigenvalue weighted by Gasteiger charge is -2.22. The second-order valence-corrected chi connectivity index (χ2v) is 5.22. The largest absolute Gasteiger partial charge is 0.314 e. The van der Waals surface area contributed by atoms with Gasteiger partial charge >= 0.3 is 0 Å². The molecule has 1 unspecified atom stereocenters. The maximum absolute atomic E-state index is 3.56. The predicted octanol–water partition coefficient (Wildman–Crippen LogP) is 1.81. The van der Waals surface area contributed by atoms with Gasteiger partial charge < -0.3 is 5.32 Å². The smallest absolute Gasteiger partial charge is 0.0221 e. The fourth-order valence-corrected chi connectivity index (χ4v) is 2.68. The molecule has 0 amide bonds. The third-order valence-corrected chi connectivity index (χ3v) is 3.81. The molecule has 1 atom stereocenters. The zero-order valence-electron chi connectivity index (χ0n) is 9.59. The highest BCUT2D eigenvalue weighted by atomic mass is 32.2. The van der Waals surface area contributed by atoms with Gasteiger partial charge in [-0.2, -0.15) is 11.8 Å². The number of thioether (sulfide) groups is 1. The number of likely N-dealkylation sites (N-methyl/N-ethyl adjacent to an activating group) is 1. The van der Waals surface area contributed by atoms with Gasteiger partial charge in [-0.1, -0.05) is 13.8 Å². The molecule has 1 aliphatic rings. The van der Waals surface area contributed by atoms with Crippen molar-refractivity contribution in [2.45, 2.75) is 32.7 Å². The molecule has 1 saturated heterocycles. The van der Waals surface area contributed by atoms with Gasteiger partial charge in [-0.25, -0.2) is 0 Å². The highest BCUT2D eigenvalue weighted by Gasteiger charge is 2.21. The molecular formula is C11H24N2S. The molecule has 1 fully saturated rings. The van der Waals surface area contributed by atoms with Gasteiger partial charge in [0.25, 0.3) is 0 Å². The highest BCUT2D eigenvalue weighted by molar-refractivity contribution is 7.99. The van der Waals surface area contributed by atoms with Gasteiger partial charge in [0.05, 0.1) is 0 Å². The Morgan fingerprint density at radius 3 is 3.00 bits per heavy atom. The molecule has 0 aliphatic carbocycles. The van der Waals surface area contributed by atoms with Crippen LogP contribution in [-0.2, 0) is 0 Å². The van der Waals surface area contributed by atoms with E-state index < -0.39 is 0 Å². The number of nitrogens with one attached hydrogen (secondary N) is 1. The van der Waals surface area contributed by atoms with Gasteiger partial charge in [0.1, 0.15) is 0 Å². The van der Waals surface area contributed by atoms with E-state index in [1.807, 2.05) is 11.8 Å². The summed E-state index contributed by atoms with van der Waals surface area (Å²) in [5.74, 6) is 2.50. The van der Waals surface area contributed by atoms with Gasteiger partial charge in [-0.15, -0.1) is 0 Å². The molecule has 0 aromatic rings. The summed E-state index contributed by atoms with van der Waals surface area (Å²) in [4.78, 5) is 2.60. The number of hydrogen-bond acceptors (Lipinski definition) is 3. The second kappa shape index (κ2) is 7.55. The Bertz CT molecular complexity index is 141. The maximum Gasteiger partial charge on any atom is 0.0221 e. The minimum atomic E-state index is 0.812. The first-order chi connectivity index (χ1) is 6.88. The van der Waals surface area contributed by atoms with Crippen molar-refractivity contribution in [1.82, 2.24) is 10.2 Å². The normalized spacial score (nSPS) is 23.1. The maximum atomic E-state index is 3.56. The zero-order valence-corrected chi connectivity index (χ0v) is 10.4. The number of hydrogen-bond donors (Lipinski definition) is 1. The SMILES string of the molecule is CCSCCNCC1CCCN1CC. The topological polar surface area (TPSA) is 15.3 Å². The molecule has 1 aliphatic heterocycles. The first-order valence-electron chi connectivity index (χ1n) is 5.91. The minimum Gasteiger partial charge on any atom is -0.314 e. The molecule has 0 aromatic carbocycles. The fraction of sp³-hybridized carbons (Fsp3) is 1.00. The average Bonchev–Trinajstić information content (AvgIpc) is 2.65. The van der Waals surface area contributed by atoms with Gasteiger partial charge in [-0.3, -0.25) is 4.90 Å². The Labute approximate surface area is 92.8 Å². The van der Waals surface area contributed by atoms with Crippen molar-refractivity contribution in [3.05, 3.63) is 0 Å². The summed E-state index contributed by atoms with van der Waals surface area (Å²) >= 11 is 2.02. The van der Waals surface area contributed by atoms with Gasteiger partial charge in [0, 0.05) is 24.9 Å². The average molecular weight is 216 g/mol. The van der Waals surface area contributed by atoms with Crippen LogP contribution in [0.4, 0.5) is 0 Å². The van der Waals surface area contributed by atoms with Crippen LogP contribution < -0.4 is 5.32 Å². The summed E-state index contributed by atoms with van der Waals surface area (Å²) in [6.07, 6.45) is 2.78. The Hall–Kier alpha value is 0.270. The molecule has 1 rings (SSSR count). The van der Waals surface area contributed by atoms with Crippen LogP contribution in [0, 0.1) is 0 Å². The monoisotopic (exact) mass is 216 g/mol. The molecule has 2 nitrogen and oxygen atoms in total. The van der Waals surface area contributed by atoms with Gasteiger partial charge in [0.2, 0.25) is 0 Å². The van der Waals surface area contributed by atoms with Crippen LogP contribution in [0.3, 0.4) is 0 Å². The first-order valence-corrected chi connectivity index (χ1v) is 7.06. The summed E-state index contributed by atoms with van der Waals surface area (Å²) in [7, 11) is 0. The van der Waals surface area contributed by atoms with E-state index >= 15 is 0 Å². The van der Waals surface area contributed by atoms with Crippen LogP contribution >= 0.6 is 11.8 Å². The molecule has 14 heavy (non-hydrogen) atoms. The summed E-state index contributed by atoms with van der Waals surface area (Å²) in [6.45, 7) is 9.39. The van der Waals surface area contributed by atoms with Crippen molar-refractivity contribution < 1.29 is 0 Å². The lowest BCUT2D eigenvalue weighted by molar-refractivity contribution is 0.261. The summed E-state index contributed by atoms with van der Waals surface area (Å²) in [6, 6.07) is 0.812. The quantitative estimate of drug-likeness (QED) is 0.654. The van der Waals surface area contributed by atoms with Crippen molar-refractivity contribution >= 4 is 11.8 Å². The Kier molecular flexibility index (Phi) is 6.65. The van der Waals surface area contributed by atoms with E-state index in [1.54, 1.807) is 0 Å². The van der Waals surface area contributed by atoms with E-state index in [4.69, 9.17) is 0 Å². The Morgan fingerprint density at radius 1 is 1.43 bits per heavy atom. The second-order valence-electron chi connectivity index (χ2n) is 3.83. The molecule has 84 valence electrons. The Morgan fingerprint density at radius 2 is 2.29 bits per heavy atom. The van der Waals surface area contributed by atoms with Crippen LogP contribution in [0.1, 0.15) is 26.7 Å². The van der Waals surface area contributed by atoms with Gasteiger partial charge in [-0.05, 0) is 31.7 Å². The minimum absolute atomic E-state index is 0.812. The standard InChI is InChI=1S/C11H24N2S/c1-3-13-8-5-6-11(13)10-12-7-9-14-4-2/h11-12H,3-10H2,1-2H3. The molecule has 0 saturated carbocycles. The summed E-state index contributed by atoms with van der Waals surface area (Å²) in [5, 5.41) is 3.56. The van der Waals surface area contributed by atoms with Crippen molar-refractivity contribution in [3.8, 4) is 0 Å². The van der Waals surface area contributed by atoms with Crippen LogP contribution in [0.25, 0.3) is 0 Å². The molecule has 0 radical (unpaired) electrons. The lowest BCUT2D eigenvalue weighted by atomic mass is 10.2.